The van der Waals surface area contributed by atoms with Crippen LogP contribution in [0.2, 0.25) is 5.02 Å². The summed E-state index contributed by atoms with van der Waals surface area (Å²) in [5, 5.41) is 9.23. The first-order chi connectivity index (χ1) is 10.4. The van der Waals surface area contributed by atoms with Crippen LogP contribution in [0.1, 0.15) is 16.1 Å². The molecule has 0 atom stereocenters. The molecule has 0 fully saturated rings. The van der Waals surface area contributed by atoms with E-state index in [0.29, 0.717) is 0 Å². The number of carboxylic acids is 1. The molecule has 0 spiro atoms. The number of ether oxygens (including phenoxy) is 1. The molecule has 0 saturated heterocycles. The predicted molar refractivity (Wildman–Crippen MR) is 80.5 cm³/mol. The van der Waals surface area contributed by atoms with Gasteiger partial charge in [-0.25, -0.2) is 14.2 Å². The fourth-order valence-electron chi connectivity index (χ4n) is 1.93. The number of benzene rings is 1. The van der Waals surface area contributed by atoms with Crippen molar-refractivity contribution in [2.45, 2.75) is 0 Å². The average molecular weight is 321 g/mol. The van der Waals surface area contributed by atoms with Gasteiger partial charge in [0.2, 0.25) is 0 Å². The van der Waals surface area contributed by atoms with E-state index in [1.54, 1.807) is 0 Å². The second-order valence-electron chi connectivity index (χ2n) is 4.21. The Bertz CT molecular complexity index is 815. The van der Waals surface area contributed by atoms with Gasteiger partial charge in [-0.3, -0.25) is 0 Å². The van der Waals surface area contributed by atoms with Crippen molar-refractivity contribution in [2.24, 2.45) is 0 Å². The minimum absolute atomic E-state index is 0.000906. The lowest BCUT2D eigenvalue weighted by Crippen LogP contribution is -2.08. The summed E-state index contributed by atoms with van der Waals surface area (Å²) in [4.78, 5) is 15.1. The molecule has 112 valence electrons. The number of hydrogen-bond acceptors (Lipinski definition) is 4. The first-order valence-corrected chi connectivity index (χ1v) is 6.31. The van der Waals surface area contributed by atoms with E-state index in [0.717, 1.165) is 0 Å². The number of methoxy groups -OCH3 is 1. The van der Waals surface area contributed by atoms with E-state index in [-0.39, 0.29) is 33.3 Å². The van der Waals surface area contributed by atoms with Crippen molar-refractivity contribution in [1.29, 1.82) is 0 Å². The van der Waals surface area contributed by atoms with Crippen LogP contribution >= 0.6 is 11.6 Å². The van der Waals surface area contributed by atoms with E-state index in [1.807, 2.05) is 0 Å². The first-order valence-electron chi connectivity index (χ1n) is 5.93. The van der Waals surface area contributed by atoms with E-state index < -0.39 is 17.5 Å². The van der Waals surface area contributed by atoms with Crippen LogP contribution in [0.3, 0.4) is 0 Å². The summed E-state index contributed by atoms with van der Waals surface area (Å²) >= 11 is 5.82. The van der Waals surface area contributed by atoms with Crippen molar-refractivity contribution in [3.8, 4) is 29.4 Å². The maximum Gasteiger partial charge on any atom is 0.355 e. The molecule has 2 aromatic rings. The number of rotatable bonds is 3. The van der Waals surface area contributed by atoms with Crippen LogP contribution in [0.5, 0.6) is 5.75 Å². The summed E-state index contributed by atoms with van der Waals surface area (Å²) in [7, 11) is 1.26. The summed E-state index contributed by atoms with van der Waals surface area (Å²) in [5.41, 5.74) is 5.28. The highest BCUT2D eigenvalue weighted by atomic mass is 35.5. The number of carbonyl (C=O) groups is 1. The van der Waals surface area contributed by atoms with Crippen molar-refractivity contribution in [3.05, 3.63) is 40.3 Å². The lowest BCUT2D eigenvalue weighted by molar-refractivity contribution is 0.0690. The van der Waals surface area contributed by atoms with Gasteiger partial charge in [0.05, 0.1) is 29.1 Å². The van der Waals surface area contributed by atoms with E-state index in [4.69, 9.17) is 33.6 Å². The summed E-state index contributed by atoms with van der Waals surface area (Å²) in [6.07, 6.45) is 5.23. The number of nitrogens with zero attached hydrogens (tertiary/aromatic N) is 1. The number of carboxylic acid groups (broad SMARTS) is 1. The molecule has 0 unspecified atom stereocenters. The van der Waals surface area contributed by atoms with Gasteiger partial charge in [0.25, 0.3) is 0 Å². The highest BCUT2D eigenvalue weighted by Gasteiger charge is 2.20. The van der Waals surface area contributed by atoms with Crippen LogP contribution < -0.4 is 10.5 Å². The number of nitrogens with two attached hydrogens (primary N) is 1. The molecule has 5 nitrogen and oxygen atoms in total. The molecule has 0 aliphatic heterocycles. The van der Waals surface area contributed by atoms with E-state index in [1.165, 1.54) is 25.3 Å². The molecule has 0 saturated carbocycles. The molecule has 3 N–H and O–H groups in total. The third-order valence-corrected chi connectivity index (χ3v) is 3.22. The van der Waals surface area contributed by atoms with Crippen molar-refractivity contribution >= 4 is 23.3 Å². The van der Waals surface area contributed by atoms with Crippen molar-refractivity contribution < 1.29 is 19.0 Å². The van der Waals surface area contributed by atoms with Gasteiger partial charge in [0.1, 0.15) is 0 Å². The molecular formula is C15H10ClFN2O3. The van der Waals surface area contributed by atoms with Crippen LogP contribution in [0, 0.1) is 18.2 Å². The van der Waals surface area contributed by atoms with E-state index in [2.05, 4.69) is 10.9 Å². The van der Waals surface area contributed by atoms with Gasteiger partial charge >= 0.3 is 5.97 Å². The Labute approximate surface area is 130 Å². The molecule has 22 heavy (non-hydrogen) atoms. The third-order valence-electron chi connectivity index (χ3n) is 2.93. The van der Waals surface area contributed by atoms with Gasteiger partial charge in [-0.2, -0.15) is 0 Å². The fraction of sp³-hybridized carbons (Fsp3) is 0.0667. The van der Waals surface area contributed by atoms with Gasteiger partial charge in [-0.05, 0) is 18.2 Å². The van der Waals surface area contributed by atoms with Crippen LogP contribution in [0.4, 0.5) is 10.1 Å². The quantitative estimate of drug-likeness (QED) is 0.849. The number of pyridine rings is 1. The second-order valence-corrected chi connectivity index (χ2v) is 4.62. The number of aromatic carboxylic acids is 1. The molecule has 0 aliphatic rings. The lowest BCUT2D eigenvalue weighted by Gasteiger charge is -2.11. The predicted octanol–water partition coefficient (Wildman–Crippen LogP) is 2.81. The smallest absolute Gasteiger partial charge is 0.355 e. The normalized spacial score (nSPS) is 10.1. The van der Waals surface area contributed by atoms with E-state index in [9.17, 15) is 9.18 Å². The molecule has 1 aromatic carbocycles. The minimum Gasteiger partial charge on any atom is -0.492 e. The third kappa shape index (κ3) is 2.54. The van der Waals surface area contributed by atoms with Crippen LogP contribution in [-0.4, -0.2) is 23.2 Å². The van der Waals surface area contributed by atoms with Crippen LogP contribution in [0.25, 0.3) is 11.3 Å². The van der Waals surface area contributed by atoms with Gasteiger partial charge in [0.15, 0.2) is 17.3 Å². The highest BCUT2D eigenvalue weighted by Crippen LogP contribution is 2.35. The summed E-state index contributed by atoms with van der Waals surface area (Å²) < 4.78 is 19.3. The lowest BCUT2D eigenvalue weighted by atomic mass is 10.1. The fourth-order valence-corrected chi connectivity index (χ4v) is 2.15. The Balaban J connectivity index is 2.75. The number of nitrogen functional groups attached to an aromatic ring is 1. The zero-order valence-electron chi connectivity index (χ0n) is 11.4. The first kappa shape index (κ1) is 15.6. The van der Waals surface area contributed by atoms with Gasteiger partial charge in [0, 0.05) is 5.56 Å². The van der Waals surface area contributed by atoms with Gasteiger partial charge in [-0.15, -0.1) is 6.42 Å². The number of terminal acetylenes is 1. The number of hydrogen-bond donors (Lipinski definition) is 2. The van der Waals surface area contributed by atoms with Crippen molar-refractivity contribution in [2.75, 3.05) is 12.8 Å². The highest BCUT2D eigenvalue weighted by molar-refractivity contribution is 6.32. The number of halogens is 2. The molecule has 7 heteroatoms. The Morgan fingerprint density at radius 3 is 2.77 bits per heavy atom. The van der Waals surface area contributed by atoms with Crippen molar-refractivity contribution in [1.82, 2.24) is 4.98 Å². The summed E-state index contributed by atoms with van der Waals surface area (Å²) in [6.45, 7) is 0. The molecule has 1 heterocycles. The monoisotopic (exact) mass is 320 g/mol. The maximum atomic E-state index is 14.4. The molecule has 0 bridgehead atoms. The Morgan fingerprint density at radius 2 is 2.23 bits per heavy atom. The average Bonchev–Trinajstić information content (AvgIpc) is 2.46. The van der Waals surface area contributed by atoms with E-state index >= 15 is 0 Å². The molecule has 0 amide bonds. The zero-order chi connectivity index (χ0) is 16.4. The van der Waals surface area contributed by atoms with Gasteiger partial charge < -0.3 is 15.6 Å². The summed E-state index contributed by atoms with van der Waals surface area (Å²) in [5.74, 6) is -0.137. The molecule has 1 aromatic heterocycles. The van der Waals surface area contributed by atoms with Crippen LogP contribution in [-0.2, 0) is 0 Å². The topological polar surface area (TPSA) is 85.4 Å². The second kappa shape index (κ2) is 5.92. The minimum atomic E-state index is -1.36. The molecular weight excluding hydrogens is 311 g/mol. The molecule has 0 radical (unpaired) electrons. The van der Waals surface area contributed by atoms with Crippen LogP contribution in [0.15, 0.2) is 18.2 Å². The Hall–Kier alpha value is -2.78. The summed E-state index contributed by atoms with van der Waals surface area (Å²) in [6, 6.07) is 4.06. The van der Waals surface area contributed by atoms with Crippen molar-refractivity contribution in [3.63, 3.8) is 0 Å². The largest absolute Gasteiger partial charge is 0.492 e. The Kier molecular flexibility index (Phi) is 4.20. The standard InChI is InChI=1S/C15H10ClFN2O3/c1-3-7-10(18)6-11(19-13(7)15(20)21)8-4-5-9(16)14(22-2)12(8)17/h1,4-6H,2H3,(H2,18,19)(H,20,21). The Morgan fingerprint density at radius 1 is 1.55 bits per heavy atom. The molecule has 0 aliphatic carbocycles. The SMILES string of the molecule is C#Cc1c(N)cc(-c2ccc(Cl)c(OC)c2F)nc1C(=O)O. The zero-order valence-corrected chi connectivity index (χ0v) is 12.1. The maximum absolute atomic E-state index is 14.4. The number of aromatic nitrogens is 1. The molecule has 2 rings (SSSR count). The van der Waals surface area contributed by atoms with Gasteiger partial charge in [-0.1, -0.05) is 17.5 Å². The number of anilines is 1.